The molecule has 0 heterocycles. The lowest BCUT2D eigenvalue weighted by molar-refractivity contribution is -0.127. The van der Waals surface area contributed by atoms with E-state index in [4.69, 9.17) is 5.73 Å². The number of anilines is 1. The van der Waals surface area contributed by atoms with Gasteiger partial charge in [-0.2, -0.15) is 13.2 Å². The van der Waals surface area contributed by atoms with Crippen molar-refractivity contribution in [2.75, 3.05) is 5.73 Å². The molecular formula is C12H15F4N. The lowest BCUT2D eigenvalue weighted by Crippen LogP contribution is -2.16. The van der Waals surface area contributed by atoms with E-state index in [1.165, 1.54) is 13.0 Å². The largest absolute Gasteiger partial charge is 0.396 e. The molecule has 0 unspecified atom stereocenters. The van der Waals surface area contributed by atoms with Crippen LogP contribution in [0.3, 0.4) is 0 Å². The highest BCUT2D eigenvalue weighted by molar-refractivity contribution is 5.52. The molecule has 0 bridgehead atoms. The second-order valence-corrected chi connectivity index (χ2v) is 4.42. The number of nitrogens with two attached hydrogens (primary N) is 1. The van der Waals surface area contributed by atoms with Crippen molar-refractivity contribution in [2.45, 2.75) is 39.3 Å². The summed E-state index contributed by atoms with van der Waals surface area (Å²) in [6.45, 7) is 4.84. The summed E-state index contributed by atoms with van der Waals surface area (Å²) in [5, 5.41) is 0. The van der Waals surface area contributed by atoms with E-state index >= 15 is 0 Å². The van der Waals surface area contributed by atoms with Crippen LogP contribution in [-0.4, -0.2) is 6.18 Å². The summed E-state index contributed by atoms with van der Waals surface area (Å²) in [6, 6.07) is 1.30. The third kappa shape index (κ3) is 3.11. The van der Waals surface area contributed by atoms with Crippen LogP contribution in [0, 0.1) is 12.7 Å². The fraction of sp³-hybridized carbons (Fsp3) is 0.500. The maximum absolute atomic E-state index is 13.5. The Balaban J connectivity index is 3.39. The van der Waals surface area contributed by atoms with Crippen molar-refractivity contribution >= 4 is 5.69 Å². The van der Waals surface area contributed by atoms with E-state index in [1.807, 2.05) is 0 Å². The molecule has 0 saturated carbocycles. The molecule has 1 aromatic rings. The molecule has 0 aromatic heterocycles. The SMILES string of the molecule is Cc1c(F)c(N)cc(C(C)C)c1CC(F)(F)F. The lowest BCUT2D eigenvalue weighted by Gasteiger charge is -2.19. The van der Waals surface area contributed by atoms with Crippen LogP contribution in [0.25, 0.3) is 0 Å². The standard InChI is InChI=1S/C12H15F4N/c1-6(2)8-4-10(17)11(13)7(3)9(8)5-12(14,15)16/h4,6H,5,17H2,1-3H3. The normalized spacial score (nSPS) is 12.2. The molecule has 0 aliphatic carbocycles. The Kier molecular flexibility index (Phi) is 3.69. The van der Waals surface area contributed by atoms with Gasteiger partial charge >= 0.3 is 6.18 Å². The number of halogens is 4. The van der Waals surface area contributed by atoms with Gasteiger partial charge in [-0.3, -0.25) is 0 Å². The van der Waals surface area contributed by atoms with Crippen LogP contribution in [0.1, 0.15) is 36.5 Å². The van der Waals surface area contributed by atoms with Gasteiger partial charge in [-0.05, 0) is 35.6 Å². The van der Waals surface area contributed by atoms with Gasteiger partial charge < -0.3 is 5.73 Å². The van der Waals surface area contributed by atoms with Gasteiger partial charge in [0.1, 0.15) is 5.82 Å². The first kappa shape index (κ1) is 13.8. The number of rotatable bonds is 2. The molecule has 1 rings (SSSR count). The van der Waals surface area contributed by atoms with Crippen molar-refractivity contribution in [3.8, 4) is 0 Å². The minimum atomic E-state index is -4.35. The molecular weight excluding hydrogens is 234 g/mol. The Hall–Kier alpha value is -1.26. The van der Waals surface area contributed by atoms with Gasteiger partial charge in [0, 0.05) is 0 Å². The Labute approximate surface area is 97.6 Å². The first-order valence-electron chi connectivity index (χ1n) is 5.27. The van der Waals surface area contributed by atoms with Gasteiger partial charge in [0.05, 0.1) is 12.1 Å². The van der Waals surface area contributed by atoms with Crippen molar-refractivity contribution in [1.29, 1.82) is 0 Å². The molecule has 0 atom stereocenters. The zero-order chi connectivity index (χ0) is 13.4. The van der Waals surface area contributed by atoms with Crippen molar-refractivity contribution in [1.82, 2.24) is 0 Å². The van der Waals surface area contributed by atoms with E-state index < -0.39 is 18.4 Å². The van der Waals surface area contributed by atoms with Gasteiger partial charge in [-0.1, -0.05) is 13.8 Å². The van der Waals surface area contributed by atoms with Gasteiger partial charge in [0.25, 0.3) is 0 Å². The summed E-state index contributed by atoms with van der Waals surface area (Å²) in [5.41, 5.74) is 5.78. The van der Waals surface area contributed by atoms with Crippen LogP contribution in [0.5, 0.6) is 0 Å². The second kappa shape index (κ2) is 4.55. The van der Waals surface area contributed by atoms with Crippen LogP contribution >= 0.6 is 0 Å². The van der Waals surface area contributed by atoms with Crippen molar-refractivity contribution in [3.05, 3.63) is 28.6 Å². The van der Waals surface area contributed by atoms with Gasteiger partial charge in [-0.25, -0.2) is 4.39 Å². The van der Waals surface area contributed by atoms with Gasteiger partial charge in [-0.15, -0.1) is 0 Å². The summed E-state index contributed by atoms with van der Waals surface area (Å²) in [7, 11) is 0. The van der Waals surface area contributed by atoms with Crippen molar-refractivity contribution in [2.24, 2.45) is 0 Å². The van der Waals surface area contributed by atoms with Crippen LogP contribution in [-0.2, 0) is 6.42 Å². The van der Waals surface area contributed by atoms with E-state index in [-0.39, 0.29) is 22.7 Å². The zero-order valence-electron chi connectivity index (χ0n) is 9.95. The predicted molar refractivity (Wildman–Crippen MR) is 59.4 cm³/mol. The van der Waals surface area contributed by atoms with E-state index in [0.29, 0.717) is 5.56 Å². The fourth-order valence-corrected chi connectivity index (χ4v) is 1.83. The summed E-state index contributed by atoms with van der Waals surface area (Å²) < 4.78 is 50.8. The topological polar surface area (TPSA) is 26.0 Å². The molecule has 2 N–H and O–H groups in total. The van der Waals surface area contributed by atoms with E-state index in [2.05, 4.69) is 0 Å². The average molecular weight is 249 g/mol. The third-order valence-corrected chi connectivity index (χ3v) is 2.69. The molecule has 0 amide bonds. The summed E-state index contributed by atoms with van der Waals surface area (Å²) in [4.78, 5) is 0. The Bertz CT molecular complexity index is 421. The first-order valence-corrected chi connectivity index (χ1v) is 5.27. The second-order valence-electron chi connectivity index (χ2n) is 4.42. The average Bonchev–Trinajstić information content (AvgIpc) is 2.16. The molecule has 96 valence electrons. The predicted octanol–water partition coefficient (Wildman–Crippen LogP) is 3.94. The van der Waals surface area contributed by atoms with Gasteiger partial charge in [0.2, 0.25) is 0 Å². The van der Waals surface area contributed by atoms with Crippen molar-refractivity contribution in [3.63, 3.8) is 0 Å². The highest BCUT2D eigenvalue weighted by Crippen LogP contribution is 2.33. The van der Waals surface area contributed by atoms with Crippen molar-refractivity contribution < 1.29 is 17.6 Å². The smallest absolute Gasteiger partial charge is 0.393 e. The first-order chi connectivity index (χ1) is 7.63. The molecule has 0 spiro atoms. The molecule has 1 aromatic carbocycles. The quantitative estimate of drug-likeness (QED) is 0.623. The number of hydrogen-bond donors (Lipinski definition) is 1. The number of nitrogen functional groups attached to an aromatic ring is 1. The third-order valence-electron chi connectivity index (χ3n) is 2.69. The van der Waals surface area contributed by atoms with Crippen LogP contribution < -0.4 is 5.73 Å². The van der Waals surface area contributed by atoms with Gasteiger partial charge in [0.15, 0.2) is 0 Å². The minimum absolute atomic E-state index is 0.000741. The maximum atomic E-state index is 13.5. The molecule has 0 fully saturated rings. The number of alkyl halides is 3. The Morgan fingerprint density at radius 3 is 2.24 bits per heavy atom. The maximum Gasteiger partial charge on any atom is 0.393 e. The number of benzene rings is 1. The fourth-order valence-electron chi connectivity index (χ4n) is 1.83. The van der Waals surface area contributed by atoms with Crippen LogP contribution in [0.15, 0.2) is 6.07 Å². The molecule has 0 aliphatic heterocycles. The highest BCUT2D eigenvalue weighted by atomic mass is 19.4. The Morgan fingerprint density at radius 1 is 1.29 bits per heavy atom. The number of hydrogen-bond acceptors (Lipinski definition) is 1. The lowest BCUT2D eigenvalue weighted by atomic mass is 9.90. The molecule has 0 saturated heterocycles. The minimum Gasteiger partial charge on any atom is -0.396 e. The molecule has 1 nitrogen and oxygen atoms in total. The zero-order valence-corrected chi connectivity index (χ0v) is 9.95. The highest BCUT2D eigenvalue weighted by Gasteiger charge is 2.31. The molecule has 0 aliphatic rings. The Morgan fingerprint density at radius 2 is 1.82 bits per heavy atom. The summed E-state index contributed by atoms with van der Waals surface area (Å²) >= 11 is 0. The van der Waals surface area contributed by atoms with E-state index in [9.17, 15) is 17.6 Å². The molecule has 17 heavy (non-hydrogen) atoms. The van der Waals surface area contributed by atoms with E-state index in [1.54, 1.807) is 13.8 Å². The molecule has 0 radical (unpaired) electrons. The molecule has 5 heteroatoms. The van der Waals surface area contributed by atoms with Crippen LogP contribution in [0.2, 0.25) is 0 Å². The van der Waals surface area contributed by atoms with E-state index in [0.717, 1.165) is 0 Å². The monoisotopic (exact) mass is 249 g/mol. The van der Waals surface area contributed by atoms with Crippen LogP contribution in [0.4, 0.5) is 23.2 Å². The summed E-state index contributed by atoms with van der Waals surface area (Å²) in [5.74, 6) is -0.886. The summed E-state index contributed by atoms with van der Waals surface area (Å²) in [6.07, 6.45) is -5.47.